The van der Waals surface area contributed by atoms with Gasteiger partial charge < -0.3 is 9.59 Å². The van der Waals surface area contributed by atoms with Crippen LogP contribution in [0.25, 0.3) is 0 Å². The van der Waals surface area contributed by atoms with Crippen LogP contribution in [0, 0.1) is 6.42 Å². The minimum Gasteiger partial charge on any atom is -0.334 e. The van der Waals surface area contributed by atoms with Crippen LogP contribution >= 0.6 is 0 Å². The van der Waals surface area contributed by atoms with Crippen LogP contribution < -0.4 is 0 Å². The van der Waals surface area contributed by atoms with Crippen molar-refractivity contribution >= 4 is 11.6 Å². The zero-order valence-electron chi connectivity index (χ0n) is 4.71. The SMILES string of the molecule is CC(=O)[CH-]C(C)=O.[Pd]. The van der Waals surface area contributed by atoms with Gasteiger partial charge in [-0.1, -0.05) is 0 Å². The maximum Gasteiger partial charge on any atom is 0.00219 e. The molecule has 0 aliphatic rings. The third-order valence-electron chi connectivity index (χ3n) is 0.407. The molecule has 0 amide bonds. The number of carbonyl (C=O) groups excluding carboxylic acids is 2. The number of rotatable bonds is 2. The van der Waals surface area contributed by atoms with E-state index in [9.17, 15) is 9.59 Å². The molecule has 0 saturated heterocycles. The second kappa shape index (κ2) is 5.02. The summed E-state index contributed by atoms with van der Waals surface area (Å²) in [6, 6.07) is 0. The molecule has 0 spiro atoms. The molecule has 0 aromatic heterocycles. The van der Waals surface area contributed by atoms with E-state index in [2.05, 4.69) is 0 Å². The Morgan fingerprint density at radius 1 is 1.12 bits per heavy atom. The molecular formula is C5H7O2Pd-. The van der Waals surface area contributed by atoms with Gasteiger partial charge in [-0.2, -0.15) is 0 Å². The van der Waals surface area contributed by atoms with Crippen molar-refractivity contribution < 1.29 is 30.0 Å². The van der Waals surface area contributed by atoms with Crippen LogP contribution in [0.3, 0.4) is 0 Å². The number of Topliss-reactive ketones (excluding diaryl/α,β-unsaturated/α-hetero) is 2. The fraction of sp³-hybridized carbons (Fsp3) is 0.400. The topological polar surface area (TPSA) is 34.1 Å². The summed E-state index contributed by atoms with van der Waals surface area (Å²) in [6.07, 6.45) is 1.06. The summed E-state index contributed by atoms with van der Waals surface area (Å²) in [5.74, 6) is -0.375. The Bertz CT molecular complexity index is 86.6. The maximum absolute atomic E-state index is 9.98. The number of carbonyl (C=O) groups is 2. The van der Waals surface area contributed by atoms with Crippen LogP contribution in [0.2, 0.25) is 0 Å². The van der Waals surface area contributed by atoms with Gasteiger partial charge in [-0.3, -0.25) is 6.42 Å². The third kappa shape index (κ3) is 9.30. The van der Waals surface area contributed by atoms with Crippen molar-refractivity contribution in [1.82, 2.24) is 0 Å². The summed E-state index contributed by atoms with van der Waals surface area (Å²) in [6.45, 7) is 2.70. The smallest absolute Gasteiger partial charge is 0.00219 e. The zero-order valence-corrected chi connectivity index (χ0v) is 6.26. The van der Waals surface area contributed by atoms with Gasteiger partial charge in [-0.15, -0.1) is 0 Å². The van der Waals surface area contributed by atoms with Gasteiger partial charge in [0.15, 0.2) is 0 Å². The van der Waals surface area contributed by atoms with E-state index in [1.165, 1.54) is 13.8 Å². The summed E-state index contributed by atoms with van der Waals surface area (Å²) in [5, 5.41) is 0. The first-order valence-corrected chi connectivity index (χ1v) is 1.99. The Balaban J connectivity index is 0. The first kappa shape index (κ1) is 10.8. The van der Waals surface area contributed by atoms with Gasteiger partial charge in [-0.05, 0) is 13.8 Å². The van der Waals surface area contributed by atoms with E-state index >= 15 is 0 Å². The summed E-state index contributed by atoms with van der Waals surface area (Å²) in [5.41, 5.74) is 0. The first-order valence-electron chi connectivity index (χ1n) is 1.99. The largest absolute Gasteiger partial charge is 0.334 e. The molecule has 0 N–H and O–H groups in total. The molecule has 0 saturated carbocycles. The van der Waals surface area contributed by atoms with E-state index in [-0.39, 0.29) is 32.0 Å². The Kier molecular flexibility index (Phi) is 6.76. The number of ketones is 2. The molecule has 0 fully saturated rings. The van der Waals surface area contributed by atoms with Gasteiger partial charge in [0.25, 0.3) is 0 Å². The molecule has 0 aromatic carbocycles. The summed E-state index contributed by atoms with van der Waals surface area (Å²) < 4.78 is 0. The van der Waals surface area contributed by atoms with Crippen LogP contribution in [0.5, 0.6) is 0 Å². The van der Waals surface area contributed by atoms with Gasteiger partial charge in [0.2, 0.25) is 0 Å². The number of hydrogen-bond acceptors (Lipinski definition) is 2. The Labute approximate surface area is 62.3 Å². The quantitative estimate of drug-likeness (QED) is 0.371. The van der Waals surface area contributed by atoms with Crippen molar-refractivity contribution in [2.75, 3.05) is 0 Å². The molecule has 2 nitrogen and oxygen atoms in total. The number of hydrogen-bond donors (Lipinski definition) is 0. The first-order chi connectivity index (χ1) is 3.13. The van der Waals surface area contributed by atoms with E-state index in [0.29, 0.717) is 0 Å². The average Bonchev–Trinajstić information content (AvgIpc) is 1.27. The predicted molar refractivity (Wildman–Crippen MR) is 25.7 cm³/mol. The monoisotopic (exact) mass is 205 g/mol. The molecule has 3 heteroatoms. The Morgan fingerprint density at radius 3 is 1.38 bits per heavy atom. The van der Waals surface area contributed by atoms with Crippen LogP contribution in [0.4, 0.5) is 0 Å². The fourth-order valence-corrected chi connectivity index (χ4v) is 0.286. The molecule has 0 bridgehead atoms. The van der Waals surface area contributed by atoms with E-state index in [4.69, 9.17) is 0 Å². The van der Waals surface area contributed by atoms with Gasteiger partial charge in [-0.25, -0.2) is 0 Å². The molecule has 8 heavy (non-hydrogen) atoms. The van der Waals surface area contributed by atoms with Crippen LogP contribution in [-0.2, 0) is 30.0 Å². The average molecular weight is 206 g/mol. The van der Waals surface area contributed by atoms with Crippen LogP contribution in [0.15, 0.2) is 0 Å². The van der Waals surface area contributed by atoms with Crippen molar-refractivity contribution in [2.45, 2.75) is 13.8 Å². The zero-order chi connectivity index (χ0) is 5.86. The van der Waals surface area contributed by atoms with Gasteiger partial charge in [0.05, 0.1) is 0 Å². The molecule has 0 radical (unpaired) electrons. The van der Waals surface area contributed by atoms with Gasteiger partial charge in [0.1, 0.15) is 0 Å². The van der Waals surface area contributed by atoms with Gasteiger partial charge in [0, 0.05) is 32.0 Å². The normalized spacial score (nSPS) is 6.75. The molecule has 50 valence electrons. The maximum atomic E-state index is 9.98. The molecule has 0 aromatic rings. The molecular weight excluding hydrogens is 198 g/mol. The van der Waals surface area contributed by atoms with Crippen LogP contribution in [0.1, 0.15) is 13.8 Å². The van der Waals surface area contributed by atoms with E-state index in [1.807, 2.05) is 0 Å². The molecule has 0 aliphatic carbocycles. The predicted octanol–water partition coefficient (Wildman–Crippen LogP) is 0.366. The minimum absolute atomic E-state index is 0. The second-order valence-electron chi connectivity index (χ2n) is 1.37. The van der Waals surface area contributed by atoms with Crippen LogP contribution in [-0.4, -0.2) is 11.6 Å². The molecule has 0 atom stereocenters. The third-order valence-corrected chi connectivity index (χ3v) is 0.407. The summed E-state index contributed by atoms with van der Waals surface area (Å²) in [4.78, 5) is 20.0. The second-order valence-corrected chi connectivity index (χ2v) is 1.37. The van der Waals surface area contributed by atoms with Crippen molar-refractivity contribution in [3.8, 4) is 0 Å². The van der Waals surface area contributed by atoms with E-state index in [0.717, 1.165) is 6.42 Å². The van der Waals surface area contributed by atoms with E-state index in [1.54, 1.807) is 0 Å². The fourth-order valence-electron chi connectivity index (χ4n) is 0.286. The van der Waals surface area contributed by atoms with Crippen molar-refractivity contribution in [1.29, 1.82) is 0 Å². The van der Waals surface area contributed by atoms with Crippen molar-refractivity contribution in [2.24, 2.45) is 0 Å². The molecule has 0 rings (SSSR count). The Morgan fingerprint density at radius 2 is 1.38 bits per heavy atom. The standard InChI is InChI=1S/C5H7O2.Pd/c1-4(6)3-5(2)7;/h3H,1-2H3;/q-1;. The summed E-state index contributed by atoms with van der Waals surface area (Å²) >= 11 is 0. The molecule has 0 heterocycles. The minimum atomic E-state index is -0.187. The van der Waals surface area contributed by atoms with Gasteiger partial charge >= 0.3 is 0 Å². The summed E-state index contributed by atoms with van der Waals surface area (Å²) in [7, 11) is 0. The molecule has 0 unspecified atom stereocenters. The Hall–Kier alpha value is -0.128. The molecule has 0 aliphatic heterocycles. The van der Waals surface area contributed by atoms with Crippen molar-refractivity contribution in [3.63, 3.8) is 0 Å². The van der Waals surface area contributed by atoms with Crippen molar-refractivity contribution in [3.05, 3.63) is 6.42 Å². The van der Waals surface area contributed by atoms with E-state index < -0.39 is 0 Å².